The highest BCUT2D eigenvalue weighted by Crippen LogP contribution is 2.21. The Bertz CT molecular complexity index is 567. The van der Waals surface area contributed by atoms with Crippen LogP contribution in [0.4, 0.5) is 0 Å². The van der Waals surface area contributed by atoms with Gasteiger partial charge in [0, 0.05) is 17.1 Å². The molecule has 1 aliphatic rings. The van der Waals surface area contributed by atoms with Gasteiger partial charge in [0.25, 0.3) is 0 Å². The highest BCUT2D eigenvalue weighted by Gasteiger charge is 2.19. The summed E-state index contributed by atoms with van der Waals surface area (Å²) in [6.45, 7) is 5.26. The molecule has 1 aromatic heterocycles. The number of rotatable bonds is 3. The van der Waals surface area contributed by atoms with Crippen molar-refractivity contribution in [1.29, 1.82) is 0 Å². The van der Waals surface area contributed by atoms with Crippen molar-refractivity contribution in [1.82, 2.24) is 15.0 Å². The third-order valence-electron chi connectivity index (χ3n) is 3.67. The van der Waals surface area contributed by atoms with Gasteiger partial charge in [-0.15, -0.1) is 0 Å². The smallest absolute Gasteiger partial charge is 0.241 e. The maximum atomic E-state index is 5.88. The van der Waals surface area contributed by atoms with Gasteiger partial charge in [-0.05, 0) is 49.6 Å². The topological polar surface area (TPSA) is 42.2 Å². The molecular weight excluding hydrogens is 274 g/mol. The molecule has 0 bridgehead atoms. The van der Waals surface area contributed by atoms with Crippen molar-refractivity contribution in [3.05, 3.63) is 35.2 Å². The number of piperidine rings is 1. The highest BCUT2D eigenvalue weighted by molar-refractivity contribution is 6.30. The minimum Gasteiger partial charge on any atom is -0.338 e. The summed E-state index contributed by atoms with van der Waals surface area (Å²) in [5, 5.41) is 4.75. The Balaban J connectivity index is 1.69. The van der Waals surface area contributed by atoms with Crippen molar-refractivity contribution in [3.63, 3.8) is 0 Å². The minimum absolute atomic E-state index is 0.627. The van der Waals surface area contributed by atoms with Gasteiger partial charge in [-0.2, -0.15) is 4.98 Å². The first-order valence-electron chi connectivity index (χ1n) is 7.01. The number of hydrogen-bond acceptors (Lipinski definition) is 4. The lowest BCUT2D eigenvalue weighted by molar-refractivity contribution is 0.157. The van der Waals surface area contributed by atoms with Crippen LogP contribution < -0.4 is 0 Å². The fourth-order valence-electron chi connectivity index (χ4n) is 2.66. The van der Waals surface area contributed by atoms with Gasteiger partial charge in [0.15, 0.2) is 0 Å². The Hall–Kier alpha value is -1.39. The van der Waals surface area contributed by atoms with E-state index >= 15 is 0 Å². The monoisotopic (exact) mass is 291 g/mol. The maximum absolute atomic E-state index is 5.88. The van der Waals surface area contributed by atoms with E-state index in [1.165, 1.54) is 12.8 Å². The Morgan fingerprint density at radius 3 is 2.90 bits per heavy atom. The van der Waals surface area contributed by atoms with Gasteiger partial charge in [-0.25, -0.2) is 0 Å². The van der Waals surface area contributed by atoms with Gasteiger partial charge < -0.3 is 4.52 Å². The first-order valence-corrected chi connectivity index (χ1v) is 7.39. The molecule has 0 amide bonds. The minimum atomic E-state index is 0.627. The molecule has 1 saturated heterocycles. The van der Waals surface area contributed by atoms with Gasteiger partial charge in [-0.1, -0.05) is 23.7 Å². The third-order valence-corrected chi connectivity index (χ3v) is 3.92. The molecule has 0 spiro atoms. The fraction of sp³-hybridized carbons (Fsp3) is 0.467. The second kappa shape index (κ2) is 5.94. The van der Waals surface area contributed by atoms with Crippen LogP contribution in [0, 0.1) is 5.92 Å². The summed E-state index contributed by atoms with van der Waals surface area (Å²) in [5.41, 5.74) is 0.927. The molecule has 5 heteroatoms. The van der Waals surface area contributed by atoms with E-state index in [9.17, 15) is 0 Å². The Kier molecular flexibility index (Phi) is 4.03. The summed E-state index contributed by atoms with van der Waals surface area (Å²) in [6, 6.07) is 7.47. The van der Waals surface area contributed by atoms with Crippen LogP contribution in [0.25, 0.3) is 11.4 Å². The van der Waals surface area contributed by atoms with Crippen LogP contribution in [0.2, 0.25) is 5.02 Å². The molecule has 4 nitrogen and oxygen atoms in total. The summed E-state index contributed by atoms with van der Waals surface area (Å²) in [5.74, 6) is 2.06. The molecule has 3 rings (SSSR count). The molecule has 1 aromatic carbocycles. The van der Waals surface area contributed by atoms with Crippen molar-refractivity contribution in [2.75, 3.05) is 13.1 Å². The molecule has 1 fully saturated rings. The summed E-state index contributed by atoms with van der Waals surface area (Å²) >= 11 is 5.88. The zero-order valence-electron chi connectivity index (χ0n) is 11.6. The Morgan fingerprint density at radius 2 is 2.15 bits per heavy atom. The maximum Gasteiger partial charge on any atom is 0.241 e. The first-order chi connectivity index (χ1) is 9.70. The van der Waals surface area contributed by atoms with E-state index in [0.29, 0.717) is 16.7 Å². The molecule has 1 atom stereocenters. The van der Waals surface area contributed by atoms with Crippen LogP contribution in [0.5, 0.6) is 0 Å². The fourth-order valence-corrected chi connectivity index (χ4v) is 2.78. The molecule has 0 aliphatic carbocycles. The van der Waals surface area contributed by atoms with E-state index < -0.39 is 0 Å². The quantitative estimate of drug-likeness (QED) is 0.866. The van der Waals surface area contributed by atoms with Gasteiger partial charge >= 0.3 is 0 Å². The third kappa shape index (κ3) is 3.19. The second-order valence-electron chi connectivity index (χ2n) is 5.50. The highest BCUT2D eigenvalue weighted by atomic mass is 35.5. The molecule has 1 aliphatic heterocycles. The number of benzene rings is 1. The molecule has 20 heavy (non-hydrogen) atoms. The lowest BCUT2D eigenvalue weighted by atomic mass is 10.0. The average molecular weight is 292 g/mol. The van der Waals surface area contributed by atoms with Crippen molar-refractivity contribution in [2.45, 2.75) is 26.3 Å². The number of hydrogen-bond donors (Lipinski definition) is 0. The van der Waals surface area contributed by atoms with Crippen LogP contribution in [0.15, 0.2) is 28.8 Å². The second-order valence-corrected chi connectivity index (χ2v) is 5.94. The predicted octanol–water partition coefficient (Wildman–Crippen LogP) is 3.62. The van der Waals surface area contributed by atoms with Crippen LogP contribution in [-0.2, 0) is 6.54 Å². The lowest BCUT2D eigenvalue weighted by Gasteiger charge is -2.29. The number of nitrogens with zero attached hydrogens (tertiary/aromatic N) is 3. The van der Waals surface area contributed by atoms with Gasteiger partial charge in [0.1, 0.15) is 0 Å². The predicted molar refractivity (Wildman–Crippen MR) is 78.4 cm³/mol. The summed E-state index contributed by atoms with van der Waals surface area (Å²) < 4.78 is 5.35. The standard InChI is InChI=1S/C15H18ClN3O/c1-11-3-2-8-19(9-11)10-14-17-15(18-20-14)12-4-6-13(16)7-5-12/h4-7,11H,2-3,8-10H2,1H3. The number of halogens is 1. The van der Waals surface area contributed by atoms with Gasteiger partial charge in [-0.3, -0.25) is 4.90 Å². The van der Waals surface area contributed by atoms with Crippen LogP contribution in [-0.4, -0.2) is 28.1 Å². The van der Waals surface area contributed by atoms with Crippen molar-refractivity contribution < 1.29 is 4.52 Å². The van der Waals surface area contributed by atoms with Crippen LogP contribution in [0.3, 0.4) is 0 Å². The average Bonchev–Trinajstić information content (AvgIpc) is 2.88. The Morgan fingerprint density at radius 1 is 1.35 bits per heavy atom. The van der Waals surface area contributed by atoms with E-state index in [4.69, 9.17) is 16.1 Å². The van der Waals surface area contributed by atoms with E-state index in [1.54, 1.807) is 0 Å². The normalized spacial score (nSPS) is 20.2. The SMILES string of the molecule is CC1CCCN(Cc2nc(-c3ccc(Cl)cc3)no2)C1. The summed E-state index contributed by atoms with van der Waals surface area (Å²) in [6.07, 6.45) is 2.57. The molecular formula is C15H18ClN3O. The van der Waals surface area contributed by atoms with Gasteiger partial charge in [0.2, 0.25) is 11.7 Å². The first kappa shape index (κ1) is 13.6. The summed E-state index contributed by atoms with van der Waals surface area (Å²) in [7, 11) is 0. The zero-order chi connectivity index (χ0) is 13.9. The molecule has 2 heterocycles. The molecule has 1 unspecified atom stereocenters. The molecule has 0 saturated carbocycles. The van der Waals surface area contributed by atoms with E-state index in [1.807, 2.05) is 24.3 Å². The van der Waals surface area contributed by atoms with Crippen LogP contribution >= 0.6 is 11.6 Å². The van der Waals surface area contributed by atoms with Crippen molar-refractivity contribution >= 4 is 11.6 Å². The zero-order valence-corrected chi connectivity index (χ0v) is 12.3. The molecule has 0 radical (unpaired) electrons. The molecule has 0 N–H and O–H groups in total. The van der Waals surface area contributed by atoms with Crippen molar-refractivity contribution in [3.8, 4) is 11.4 Å². The number of likely N-dealkylation sites (tertiary alicyclic amines) is 1. The number of aromatic nitrogens is 2. The lowest BCUT2D eigenvalue weighted by Crippen LogP contribution is -2.33. The van der Waals surface area contributed by atoms with E-state index in [2.05, 4.69) is 22.0 Å². The van der Waals surface area contributed by atoms with E-state index in [-0.39, 0.29) is 0 Å². The van der Waals surface area contributed by atoms with Crippen molar-refractivity contribution in [2.24, 2.45) is 5.92 Å². The molecule has 2 aromatic rings. The van der Waals surface area contributed by atoms with Gasteiger partial charge in [0.05, 0.1) is 6.54 Å². The summed E-state index contributed by atoms with van der Waals surface area (Å²) in [4.78, 5) is 6.85. The molecule has 106 valence electrons. The largest absolute Gasteiger partial charge is 0.338 e. The van der Waals surface area contributed by atoms with E-state index in [0.717, 1.165) is 31.1 Å². The Labute approximate surface area is 123 Å². The van der Waals surface area contributed by atoms with Crippen LogP contribution in [0.1, 0.15) is 25.7 Å².